The molecule has 0 saturated heterocycles. The number of rotatable bonds is 4. The lowest BCUT2D eigenvalue weighted by Crippen LogP contribution is -2.26. The first-order valence-electron chi connectivity index (χ1n) is 5.89. The Balaban J connectivity index is 2.12. The first-order chi connectivity index (χ1) is 9.11. The van der Waals surface area contributed by atoms with Gasteiger partial charge in [0.1, 0.15) is 5.75 Å². The van der Waals surface area contributed by atoms with E-state index in [0.29, 0.717) is 17.0 Å². The third-order valence-corrected chi connectivity index (χ3v) is 3.87. The van der Waals surface area contributed by atoms with E-state index in [9.17, 15) is 4.79 Å². The molecule has 5 heteroatoms. The van der Waals surface area contributed by atoms with Crippen LogP contribution in [0.15, 0.2) is 35.7 Å². The number of amides is 1. The van der Waals surface area contributed by atoms with Crippen LogP contribution in [0.4, 0.5) is 5.69 Å². The summed E-state index contributed by atoms with van der Waals surface area (Å²) in [5.74, 6) is 0.371. The van der Waals surface area contributed by atoms with Crippen molar-refractivity contribution in [3.63, 3.8) is 0 Å². The van der Waals surface area contributed by atoms with E-state index < -0.39 is 0 Å². The number of nitrogen functional groups attached to an aromatic ring is 1. The van der Waals surface area contributed by atoms with Gasteiger partial charge in [0.25, 0.3) is 5.91 Å². The largest absolute Gasteiger partial charge is 0.495 e. The van der Waals surface area contributed by atoms with Crippen molar-refractivity contribution in [1.29, 1.82) is 0 Å². The summed E-state index contributed by atoms with van der Waals surface area (Å²) < 4.78 is 5.11. The molecule has 0 saturated carbocycles. The van der Waals surface area contributed by atoms with Gasteiger partial charge in [-0.05, 0) is 36.6 Å². The summed E-state index contributed by atoms with van der Waals surface area (Å²) >= 11 is 1.62. The second-order valence-corrected chi connectivity index (χ2v) is 5.15. The Morgan fingerprint density at radius 3 is 2.84 bits per heavy atom. The van der Waals surface area contributed by atoms with Crippen molar-refractivity contribution in [1.82, 2.24) is 5.32 Å². The van der Waals surface area contributed by atoms with Crippen LogP contribution in [0.1, 0.15) is 28.2 Å². The van der Waals surface area contributed by atoms with Gasteiger partial charge in [-0.3, -0.25) is 4.79 Å². The lowest BCUT2D eigenvalue weighted by atomic mass is 10.1. The highest BCUT2D eigenvalue weighted by atomic mass is 32.1. The smallest absolute Gasteiger partial charge is 0.251 e. The maximum absolute atomic E-state index is 12.1. The van der Waals surface area contributed by atoms with Gasteiger partial charge in [0.2, 0.25) is 0 Å². The monoisotopic (exact) mass is 276 g/mol. The van der Waals surface area contributed by atoms with Gasteiger partial charge in [0.15, 0.2) is 0 Å². The molecule has 0 fully saturated rings. The number of anilines is 1. The SMILES string of the molecule is COc1cc(C(=O)NC(C)c2cccs2)ccc1N. The molecule has 19 heavy (non-hydrogen) atoms. The Kier molecular flexibility index (Phi) is 4.06. The number of hydrogen-bond donors (Lipinski definition) is 2. The molecule has 4 nitrogen and oxygen atoms in total. The van der Waals surface area contributed by atoms with E-state index >= 15 is 0 Å². The molecule has 0 aliphatic heterocycles. The summed E-state index contributed by atoms with van der Waals surface area (Å²) in [6.07, 6.45) is 0. The topological polar surface area (TPSA) is 64.3 Å². The number of nitrogens with two attached hydrogens (primary N) is 1. The number of ether oxygens (including phenoxy) is 1. The quantitative estimate of drug-likeness (QED) is 0.844. The van der Waals surface area contributed by atoms with Gasteiger partial charge in [0.05, 0.1) is 18.8 Å². The number of hydrogen-bond acceptors (Lipinski definition) is 4. The van der Waals surface area contributed by atoms with Crippen molar-refractivity contribution >= 4 is 22.9 Å². The minimum atomic E-state index is -0.140. The molecule has 1 aromatic heterocycles. The van der Waals surface area contributed by atoms with Gasteiger partial charge < -0.3 is 15.8 Å². The van der Waals surface area contributed by atoms with Crippen LogP contribution in [0.3, 0.4) is 0 Å². The Hall–Kier alpha value is -2.01. The molecule has 1 unspecified atom stereocenters. The van der Waals surface area contributed by atoms with Crippen LogP contribution < -0.4 is 15.8 Å². The summed E-state index contributed by atoms with van der Waals surface area (Å²) in [7, 11) is 1.53. The van der Waals surface area contributed by atoms with Crippen molar-refractivity contribution in [3.05, 3.63) is 46.2 Å². The highest BCUT2D eigenvalue weighted by Gasteiger charge is 2.13. The molecule has 0 radical (unpaired) electrons. The molecule has 1 heterocycles. The van der Waals surface area contributed by atoms with Gasteiger partial charge in [-0.25, -0.2) is 0 Å². The Morgan fingerprint density at radius 1 is 1.42 bits per heavy atom. The lowest BCUT2D eigenvalue weighted by molar-refractivity contribution is 0.0940. The molecule has 1 amide bonds. The van der Waals surface area contributed by atoms with Gasteiger partial charge in [-0.2, -0.15) is 0 Å². The third kappa shape index (κ3) is 3.06. The number of carbonyl (C=O) groups is 1. The number of benzene rings is 1. The Bertz CT molecular complexity index is 567. The summed E-state index contributed by atoms with van der Waals surface area (Å²) in [5, 5.41) is 4.93. The Morgan fingerprint density at radius 2 is 2.21 bits per heavy atom. The second kappa shape index (κ2) is 5.75. The average molecular weight is 276 g/mol. The summed E-state index contributed by atoms with van der Waals surface area (Å²) in [4.78, 5) is 13.2. The maximum atomic E-state index is 12.1. The standard InChI is InChI=1S/C14H16N2O2S/c1-9(13-4-3-7-19-13)16-14(17)10-5-6-11(15)12(8-10)18-2/h3-9H,15H2,1-2H3,(H,16,17). The predicted molar refractivity (Wildman–Crippen MR) is 77.6 cm³/mol. The van der Waals surface area contributed by atoms with Gasteiger partial charge >= 0.3 is 0 Å². The van der Waals surface area contributed by atoms with Crippen LogP contribution in [0.5, 0.6) is 5.75 Å². The van der Waals surface area contributed by atoms with Crippen LogP contribution in [-0.2, 0) is 0 Å². The maximum Gasteiger partial charge on any atom is 0.251 e. The van der Waals surface area contributed by atoms with E-state index in [1.165, 1.54) is 7.11 Å². The van der Waals surface area contributed by atoms with E-state index in [4.69, 9.17) is 10.5 Å². The molecule has 0 aliphatic rings. The Labute approximate surface area is 116 Å². The fraction of sp³-hybridized carbons (Fsp3) is 0.214. The highest BCUT2D eigenvalue weighted by Crippen LogP contribution is 2.23. The normalized spacial score (nSPS) is 11.9. The van der Waals surface area contributed by atoms with E-state index in [0.717, 1.165) is 4.88 Å². The van der Waals surface area contributed by atoms with Crippen LogP contribution in [0, 0.1) is 0 Å². The van der Waals surface area contributed by atoms with E-state index in [-0.39, 0.29) is 11.9 Å². The van der Waals surface area contributed by atoms with E-state index in [1.54, 1.807) is 29.5 Å². The van der Waals surface area contributed by atoms with Crippen LogP contribution in [0.25, 0.3) is 0 Å². The zero-order valence-corrected chi connectivity index (χ0v) is 11.7. The summed E-state index contributed by atoms with van der Waals surface area (Å²) in [5.41, 5.74) is 6.78. The molecule has 2 aromatic rings. The molecule has 2 rings (SSSR count). The fourth-order valence-electron chi connectivity index (χ4n) is 1.74. The van der Waals surface area contributed by atoms with Crippen molar-refractivity contribution in [2.45, 2.75) is 13.0 Å². The first-order valence-corrected chi connectivity index (χ1v) is 6.77. The fourth-order valence-corrected chi connectivity index (χ4v) is 2.48. The summed E-state index contributed by atoms with van der Waals surface area (Å²) in [6.45, 7) is 1.96. The molecule has 0 bridgehead atoms. The van der Waals surface area contributed by atoms with Crippen molar-refractivity contribution in [3.8, 4) is 5.75 Å². The third-order valence-electron chi connectivity index (χ3n) is 2.81. The molecular formula is C14H16N2O2S. The number of nitrogens with one attached hydrogen (secondary N) is 1. The highest BCUT2D eigenvalue weighted by molar-refractivity contribution is 7.10. The van der Waals surface area contributed by atoms with Gasteiger partial charge in [-0.15, -0.1) is 11.3 Å². The average Bonchev–Trinajstić information content (AvgIpc) is 2.93. The molecule has 100 valence electrons. The number of methoxy groups -OCH3 is 1. The molecule has 0 spiro atoms. The predicted octanol–water partition coefficient (Wildman–Crippen LogP) is 2.83. The first kappa shape index (κ1) is 13.4. The lowest BCUT2D eigenvalue weighted by Gasteiger charge is -2.13. The van der Waals surface area contributed by atoms with E-state index in [1.807, 2.05) is 24.4 Å². The van der Waals surface area contributed by atoms with Crippen molar-refractivity contribution in [2.75, 3.05) is 12.8 Å². The van der Waals surface area contributed by atoms with Crippen molar-refractivity contribution in [2.24, 2.45) is 0 Å². The zero-order valence-electron chi connectivity index (χ0n) is 10.8. The molecule has 1 atom stereocenters. The van der Waals surface area contributed by atoms with Crippen LogP contribution in [-0.4, -0.2) is 13.0 Å². The molecule has 0 aliphatic carbocycles. The summed E-state index contributed by atoms with van der Waals surface area (Å²) in [6, 6.07) is 8.95. The van der Waals surface area contributed by atoms with Crippen LogP contribution >= 0.6 is 11.3 Å². The van der Waals surface area contributed by atoms with Gasteiger partial charge in [-0.1, -0.05) is 6.07 Å². The minimum Gasteiger partial charge on any atom is -0.495 e. The number of carbonyl (C=O) groups excluding carboxylic acids is 1. The zero-order chi connectivity index (χ0) is 13.8. The molecular weight excluding hydrogens is 260 g/mol. The minimum absolute atomic E-state index is 0.0175. The van der Waals surface area contributed by atoms with Gasteiger partial charge in [0, 0.05) is 10.4 Å². The van der Waals surface area contributed by atoms with Crippen molar-refractivity contribution < 1.29 is 9.53 Å². The molecule has 1 aromatic carbocycles. The van der Waals surface area contributed by atoms with Crippen LogP contribution in [0.2, 0.25) is 0 Å². The molecule has 3 N–H and O–H groups in total. The van der Waals surface area contributed by atoms with E-state index in [2.05, 4.69) is 5.32 Å². The second-order valence-electron chi connectivity index (χ2n) is 4.17. The number of thiophene rings is 1.